The zero-order valence-corrected chi connectivity index (χ0v) is 9.71. The highest BCUT2D eigenvalue weighted by molar-refractivity contribution is 6.02. The smallest absolute Gasteiger partial charge is 0.170 e. The maximum absolute atomic E-state index is 13.1. The Morgan fingerprint density at radius 1 is 1.50 bits per heavy atom. The molecular formula is C13H15FO2. The van der Waals surface area contributed by atoms with E-state index in [1.165, 1.54) is 25.3 Å². The number of hydrogen-bond acceptors (Lipinski definition) is 2. The van der Waals surface area contributed by atoms with Crippen LogP contribution >= 0.6 is 0 Å². The molecule has 0 spiro atoms. The molecule has 1 saturated carbocycles. The van der Waals surface area contributed by atoms with Crippen molar-refractivity contribution in [1.29, 1.82) is 0 Å². The van der Waals surface area contributed by atoms with Crippen molar-refractivity contribution in [3.05, 3.63) is 29.6 Å². The third-order valence-electron chi connectivity index (χ3n) is 3.26. The molecular weight excluding hydrogens is 207 g/mol. The Balaban J connectivity index is 2.33. The van der Waals surface area contributed by atoms with Gasteiger partial charge in [0.25, 0.3) is 0 Å². The molecule has 0 saturated heterocycles. The molecule has 0 N–H and O–H groups in total. The quantitative estimate of drug-likeness (QED) is 0.735. The monoisotopic (exact) mass is 222 g/mol. The molecule has 2 rings (SSSR count). The second-order valence-electron chi connectivity index (χ2n) is 4.95. The lowest BCUT2D eigenvalue weighted by Gasteiger charge is -2.08. The number of carbonyl (C=O) groups excluding carboxylic acids is 1. The number of hydrogen-bond donors (Lipinski definition) is 0. The van der Waals surface area contributed by atoms with E-state index in [1.807, 2.05) is 13.8 Å². The van der Waals surface area contributed by atoms with Crippen molar-refractivity contribution in [3.8, 4) is 5.75 Å². The first-order valence-corrected chi connectivity index (χ1v) is 5.33. The van der Waals surface area contributed by atoms with Gasteiger partial charge in [-0.05, 0) is 30.0 Å². The number of Topliss-reactive ketones (excluding diaryl/α,β-unsaturated/α-hetero) is 1. The SMILES string of the molecule is COc1ccc(F)cc1C(=O)C1CC1(C)C. The van der Waals surface area contributed by atoms with Crippen molar-refractivity contribution in [2.45, 2.75) is 20.3 Å². The molecule has 0 radical (unpaired) electrons. The Hall–Kier alpha value is -1.38. The summed E-state index contributed by atoms with van der Waals surface area (Å²) in [7, 11) is 1.49. The average Bonchev–Trinajstić information content (AvgIpc) is 2.86. The predicted octanol–water partition coefficient (Wildman–Crippen LogP) is 3.06. The van der Waals surface area contributed by atoms with Crippen molar-refractivity contribution in [1.82, 2.24) is 0 Å². The van der Waals surface area contributed by atoms with E-state index in [1.54, 1.807) is 0 Å². The third-order valence-corrected chi connectivity index (χ3v) is 3.26. The van der Waals surface area contributed by atoms with Gasteiger partial charge in [-0.3, -0.25) is 4.79 Å². The highest BCUT2D eigenvalue weighted by Gasteiger charge is 2.51. The molecule has 0 bridgehead atoms. The third kappa shape index (κ3) is 1.82. The molecule has 0 heterocycles. The van der Waals surface area contributed by atoms with Gasteiger partial charge in [0.2, 0.25) is 0 Å². The van der Waals surface area contributed by atoms with Crippen LogP contribution in [0.4, 0.5) is 4.39 Å². The molecule has 2 nitrogen and oxygen atoms in total. The van der Waals surface area contributed by atoms with Crippen LogP contribution in [0.1, 0.15) is 30.6 Å². The van der Waals surface area contributed by atoms with Crippen molar-refractivity contribution in [2.24, 2.45) is 11.3 Å². The molecule has 0 aliphatic heterocycles. The van der Waals surface area contributed by atoms with Crippen LogP contribution < -0.4 is 4.74 Å². The van der Waals surface area contributed by atoms with Crippen molar-refractivity contribution >= 4 is 5.78 Å². The van der Waals surface area contributed by atoms with Crippen LogP contribution in [0.3, 0.4) is 0 Å². The maximum atomic E-state index is 13.1. The summed E-state index contributed by atoms with van der Waals surface area (Å²) in [6.07, 6.45) is 0.867. The molecule has 1 atom stereocenters. The van der Waals surface area contributed by atoms with Crippen molar-refractivity contribution < 1.29 is 13.9 Å². The minimum Gasteiger partial charge on any atom is -0.496 e. The molecule has 1 fully saturated rings. The van der Waals surface area contributed by atoms with E-state index in [4.69, 9.17) is 4.74 Å². The van der Waals surface area contributed by atoms with Gasteiger partial charge in [-0.1, -0.05) is 13.8 Å². The summed E-state index contributed by atoms with van der Waals surface area (Å²) < 4.78 is 18.2. The van der Waals surface area contributed by atoms with Gasteiger partial charge in [0.15, 0.2) is 5.78 Å². The van der Waals surface area contributed by atoms with E-state index < -0.39 is 5.82 Å². The summed E-state index contributed by atoms with van der Waals surface area (Å²) in [6.45, 7) is 4.09. The number of benzene rings is 1. The van der Waals surface area contributed by atoms with Crippen LogP contribution in [0.15, 0.2) is 18.2 Å². The Morgan fingerprint density at radius 2 is 2.12 bits per heavy atom. The lowest BCUT2D eigenvalue weighted by Crippen LogP contribution is -2.08. The molecule has 0 amide bonds. The number of rotatable bonds is 3. The fourth-order valence-electron chi connectivity index (χ4n) is 1.98. The van der Waals surface area contributed by atoms with Crippen LogP contribution in [0.2, 0.25) is 0 Å². The van der Waals surface area contributed by atoms with Crippen molar-refractivity contribution in [2.75, 3.05) is 7.11 Å². The molecule has 3 heteroatoms. The van der Waals surface area contributed by atoms with Gasteiger partial charge in [0, 0.05) is 5.92 Å². The van der Waals surface area contributed by atoms with Gasteiger partial charge >= 0.3 is 0 Å². The number of ether oxygens (including phenoxy) is 1. The Bertz CT molecular complexity index is 438. The van der Waals surface area contributed by atoms with Crippen LogP contribution in [0.25, 0.3) is 0 Å². The fraction of sp³-hybridized carbons (Fsp3) is 0.462. The van der Waals surface area contributed by atoms with Crippen LogP contribution in [0.5, 0.6) is 5.75 Å². The summed E-state index contributed by atoms with van der Waals surface area (Å²) in [4.78, 5) is 12.1. The lowest BCUT2D eigenvalue weighted by atomic mass is 10.0. The van der Waals surface area contributed by atoms with Crippen molar-refractivity contribution in [3.63, 3.8) is 0 Å². The molecule has 1 aliphatic carbocycles. The van der Waals surface area contributed by atoms with E-state index in [0.717, 1.165) is 6.42 Å². The summed E-state index contributed by atoms with van der Waals surface area (Å²) in [5, 5.41) is 0. The number of carbonyl (C=O) groups is 1. The largest absolute Gasteiger partial charge is 0.496 e. The average molecular weight is 222 g/mol. The normalized spacial score (nSPS) is 21.6. The van der Waals surface area contributed by atoms with E-state index in [-0.39, 0.29) is 17.1 Å². The standard InChI is InChI=1S/C13H15FO2/c1-13(2)7-10(13)12(15)9-6-8(14)4-5-11(9)16-3/h4-6,10H,7H2,1-3H3. The minimum atomic E-state index is -0.400. The van der Waals surface area contributed by atoms with E-state index in [2.05, 4.69) is 0 Å². The lowest BCUT2D eigenvalue weighted by molar-refractivity contribution is 0.0949. The molecule has 1 unspecified atom stereocenters. The summed E-state index contributed by atoms with van der Waals surface area (Å²) in [6, 6.07) is 4.06. The second-order valence-corrected chi connectivity index (χ2v) is 4.95. The molecule has 0 aromatic heterocycles. The number of ketones is 1. The topological polar surface area (TPSA) is 26.3 Å². The fourth-order valence-corrected chi connectivity index (χ4v) is 1.98. The van der Waals surface area contributed by atoms with Gasteiger partial charge in [-0.15, -0.1) is 0 Å². The van der Waals surface area contributed by atoms with Gasteiger partial charge in [-0.2, -0.15) is 0 Å². The molecule has 1 aromatic carbocycles. The Kier molecular flexibility index (Phi) is 2.49. The highest BCUT2D eigenvalue weighted by Crippen LogP contribution is 2.53. The Morgan fingerprint density at radius 3 is 2.62 bits per heavy atom. The van der Waals surface area contributed by atoms with Gasteiger partial charge in [0.1, 0.15) is 11.6 Å². The zero-order valence-electron chi connectivity index (χ0n) is 9.71. The van der Waals surface area contributed by atoms with Gasteiger partial charge in [-0.25, -0.2) is 4.39 Å². The first-order chi connectivity index (χ1) is 7.45. The first kappa shape index (κ1) is 11.1. The summed E-state index contributed by atoms with van der Waals surface area (Å²) in [5.41, 5.74) is 0.409. The second kappa shape index (κ2) is 3.58. The highest BCUT2D eigenvalue weighted by atomic mass is 19.1. The van der Waals surface area contributed by atoms with Crippen LogP contribution in [0, 0.1) is 17.2 Å². The molecule has 1 aromatic rings. The van der Waals surface area contributed by atoms with Gasteiger partial charge < -0.3 is 4.74 Å². The molecule has 86 valence electrons. The van der Waals surface area contributed by atoms with E-state index in [9.17, 15) is 9.18 Å². The molecule has 1 aliphatic rings. The minimum absolute atomic E-state index is 0.00296. The van der Waals surface area contributed by atoms with E-state index in [0.29, 0.717) is 11.3 Å². The summed E-state index contributed by atoms with van der Waals surface area (Å²) in [5.74, 6) is 0.0428. The maximum Gasteiger partial charge on any atom is 0.170 e. The van der Waals surface area contributed by atoms with Gasteiger partial charge in [0.05, 0.1) is 12.7 Å². The molecule has 16 heavy (non-hydrogen) atoms. The Labute approximate surface area is 94.4 Å². The van der Waals surface area contributed by atoms with Crippen LogP contribution in [-0.2, 0) is 0 Å². The summed E-state index contributed by atoms with van der Waals surface area (Å²) >= 11 is 0. The number of methoxy groups -OCH3 is 1. The predicted molar refractivity (Wildman–Crippen MR) is 59.2 cm³/mol. The number of halogens is 1. The van der Waals surface area contributed by atoms with Crippen LogP contribution in [-0.4, -0.2) is 12.9 Å². The first-order valence-electron chi connectivity index (χ1n) is 5.33. The zero-order chi connectivity index (χ0) is 11.9. The van der Waals surface area contributed by atoms with E-state index >= 15 is 0 Å².